The Morgan fingerprint density at radius 2 is 2.07 bits per heavy atom. The molecule has 1 aromatic rings. The molecule has 0 unspecified atom stereocenters. The molecule has 0 aliphatic carbocycles. The first-order chi connectivity index (χ1) is 6.81. The van der Waals surface area contributed by atoms with Gasteiger partial charge in [0, 0.05) is 12.0 Å². The lowest BCUT2D eigenvalue weighted by atomic mass is 10.0. The molecule has 0 radical (unpaired) electrons. The molecule has 0 bridgehead atoms. The zero-order valence-corrected chi connectivity index (χ0v) is 8.32. The van der Waals surface area contributed by atoms with E-state index in [0.29, 0.717) is 18.4 Å². The summed E-state index contributed by atoms with van der Waals surface area (Å²) in [6.45, 7) is 2.05. The number of rotatable bonds is 5. The largest absolute Gasteiger partial charge is 0.303 e. The van der Waals surface area contributed by atoms with E-state index in [9.17, 15) is 9.59 Å². The molecule has 0 amide bonds. The van der Waals surface area contributed by atoms with Crippen LogP contribution < -0.4 is 0 Å². The molecule has 1 rings (SSSR count). The van der Waals surface area contributed by atoms with Gasteiger partial charge in [-0.1, -0.05) is 19.1 Å². The molecule has 2 nitrogen and oxygen atoms in total. The summed E-state index contributed by atoms with van der Waals surface area (Å²) in [5, 5.41) is 0. The molecular weight excluding hydrogens is 176 g/mol. The Balaban J connectivity index is 2.92. The van der Waals surface area contributed by atoms with E-state index in [0.717, 1.165) is 30.1 Å². The van der Waals surface area contributed by atoms with Crippen LogP contribution >= 0.6 is 0 Å². The number of carbonyl (C=O) groups excluding carboxylic acids is 2. The van der Waals surface area contributed by atoms with Crippen molar-refractivity contribution in [2.45, 2.75) is 26.2 Å². The first kappa shape index (κ1) is 10.6. The summed E-state index contributed by atoms with van der Waals surface area (Å²) in [7, 11) is 0. The van der Waals surface area contributed by atoms with Crippen molar-refractivity contribution in [3.05, 3.63) is 34.9 Å². The van der Waals surface area contributed by atoms with E-state index in [1.54, 1.807) is 0 Å². The van der Waals surface area contributed by atoms with E-state index >= 15 is 0 Å². The predicted octanol–water partition coefficient (Wildman–Crippen LogP) is 2.19. The Bertz CT molecular complexity index is 329. The Morgan fingerprint density at radius 3 is 2.64 bits per heavy atom. The van der Waals surface area contributed by atoms with Gasteiger partial charge in [-0.15, -0.1) is 0 Å². The summed E-state index contributed by atoms with van der Waals surface area (Å²) in [5.74, 6) is 0. The van der Waals surface area contributed by atoms with Crippen LogP contribution in [0.1, 0.15) is 34.8 Å². The van der Waals surface area contributed by atoms with E-state index in [1.807, 2.05) is 18.2 Å². The lowest BCUT2D eigenvalue weighted by Gasteiger charge is -2.04. The molecule has 14 heavy (non-hydrogen) atoms. The van der Waals surface area contributed by atoms with Crippen molar-refractivity contribution in [2.75, 3.05) is 0 Å². The van der Waals surface area contributed by atoms with E-state index in [2.05, 4.69) is 6.92 Å². The summed E-state index contributed by atoms with van der Waals surface area (Å²) in [5.41, 5.74) is 2.83. The fourth-order valence-corrected chi connectivity index (χ4v) is 1.42. The van der Waals surface area contributed by atoms with E-state index in [-0.39, 0.29) is 0 Å². The number of benzene rings is 1. The van der Waals surface area contributed by atoms with Crippen molar-refractivity contribution >= 4 is 12.6 Å². The Hall–Kier alpha value is -1.44. The first-order valence-corrected chi connectivity index (χ1v) is 4.82. The summed E-state index contributed by atoms with van der Waals surface area (Å²) in [6, 6.07) is 5.84. The number of hydrogen-bond donors (Lipinski definition) is 0. The Kier molecular flexibility index (Phi) is 4.05. The molecule has 0 saturated carbocycles. The highest BCUT2D eigenvalue weighted by molar-refractivity contribution is 5.77. The van der Waals surface area contributed by atoms with Crippen molar-refractivity contribution in [2.24, 2.45) is 0 Å². The topological polar surface area (TPSA) is 34.1 Å². The highest BCUT2D eigenvalue weighted by atomic mass is 16.1. The van der Waals surface area contributed by atoms with E-state index in [1.165, 1.54) is 0 Å². The number of aldehydes is 2. The Morgan fingerprint density at radius 1 is 1.29 bits per heavy atom. The smallest absolute Gasteiger partial charge is 0.150 e. The molecule has 0 fully saturated rings. The second kappa shape index (κ2) is 5.32. The molecule has 0 aliphatic heterocycles. The molecule has 0 aliphatic rings. The molecule has 2 heteroatoms. The van der Waals surface area contributed by atoms with Crippen molar-refractivity contribution in [3.8, 4) is 0 Å². The van der Waals surface area contributed by atoms with Gasteiger partial charge in [0.25, 0.3) is 0 Å². The van der Waals surface area contributed by atoms with Gasteiger partial charge in [0.2, 0.25) is 0 Å². The molecule has 0 N–H and O–H groups in total. The van der Waals surface area contributed by atoms with Gasteiger partial charge in [-0.3, -0.25) is 4.79 Å². The number of hydrogen-bond acceptors (Lipinski definition) is 2. The van der Waals surface area contributed by atoms with Crippen LogP contribution in [0.4, 0.5) is 0 Å². The minimum Gasteiger partial charge on any atom is -0.303 e. The number of carbonyl (C=O) groups is 2. The first-order valence-electron chi connectivity index (χ1n) is 4.82. The van der Waals surface area contributed by atoms with Gasteiger partial charge in [-0.2, -0.15) is 0 Å². The van der Waals surface area contributed by atoms with Crippen LogP contribution in [0.3, 0.4) is 0 Å². The average molecular weight is 190 g/mol. The van der Waals surface area contributed by atoms with Crippen LogP contribution in [0, 0.1) is 0 Å². The maximum Gasteiger partial charge on any atom is 0.150 e. The predicted molar refractivity (Wildman–Crippen MR) is 55.6 cm³/mol. The van der Waals surface area contributed by atoms with Gasteiger partial charge >= 0.3 is 0 Å². The van der Waals surface area contributed by atoms with Crippen molar-refractivity contribution in [1.29, 1.82) is 0 Å². The quantitative estimate of drug-likeness (QED) is 0.667. The minimum atomic E-state index is 0.478. The second-order valence-electron chi connectivity index (χ2n) is 3.21. The van der Waals surface area contributed by atoms with Crippen LogP contribution in [-0.2, 0) is 17.6 Å². The third-order valence-electron chi connectivity index (χ3n) is 2.28. The Labute approximate surface area is 83.9 Å². The molecule has 0 spiro atoms. The molecule has 1 aromatic carbocycles. The van der Waals surface area contributed by atoms with Crippen molar-refractivity contribution in [1.82, 2.24) is 0 Å². The van der Waals surface area contributed by atoms with Gasteiger partial charge < -0.3 is 4.79 Å². The van der Waals surface area contributed by atoms with Crippen molar-refractivity contribution in [3.63, 3.8) is 0 Å². The SMILES string of the molecule is CCc1ccc(CCC=O)c(C=O)c1. The zero-order chi connectivity index (χ0) is 10.4. The maximum atomic E-state index is 10.8. The van der Waals surface area contributed by atoms with Crippen LogP contribution in [0.2, 0.25) is 0 Å². The summed E-state index contributed by atoms with van der Waals surface area (Å²) in [6.07, 6.45) is 3.80. The van der Waals surface area contributed by atoms with Gasteiger partial charge in [0.1, 0.15) is 12.6 Å². The average Bonchev–Trinajstić information content (AvgIpc) is 2.26. The number of aryl methyl sites for hydroxylation is 2. The van der Waals surface area contributed by atoms with Gasteiger partial charge in [0.05, 0.1) is 0 Å². The highest BCUT2D eigenvalue weighted by Crippen LogP contribution is 2.12. The van der Waals surface area contributed by atoms with E-state index < -0.39 is 0 Å². The summed E-state index contributed by atoms with van der Waals surface area (Å²) in [4.78, 5) is 21.0. The highest BCUT2D eigenvalue weighted by Gasteiger charge is 2.01. The molecule has 0 aromatic heterocycles. The fourth-order valence-electron chi connectivity index (χ4n) is 1.42. The summed E-state index contributed by atoms with van der Waals surface area (Å²) >= 11 is 0. The lowest BCUT2D eigenvalue weighted by molar-refractivity contribution is -0.107. The minimum absolute atomic E-state index is 0.478. The fraction of sp³-hybridized carbons (Fsp3) is 0.333. The van der Waals surface area contributed by atoms with Gasteiger partial charge in [0.15, 0.2) is 0 Å². The second-order valence-corrected chi connectivity index (χ2v) is 3.21. The van der Waals surface area contributed by atoms with Crippen LogP contribution in [0.5, 0.6) is 0 Å². The lowest BCUT2D eigenvalue weighted by Crippen LogP contribution is -1.95. The van der Waals surface area contributed by atoms with Gasteiger partial charge in [-0.25, -0.2) is 0 Å². The standard InChI is InChI=1S/C12H14O2/c1-2-10-5-6-11(4-3-7-13)12(8-10)9-14/h5-9H,2-4H2,1H3. The third kappa shape index (κ3) is 2.52. The molecular formula is C12H14O2. The third-order valence-corrected chi connectivity index (χ3v) is 2.28. The normalized spacial score (nSPS) is 9.79. The zero-order valence-electron chi connectivity index (χ0n) is 8.32. The molecule has 0 saturated heterocycles. The van der Waals surface area contributed by atoms with Crippen LogP contribution in [0.25, 0.3) is 0 Å². The van der Waals surface area contributed by atoms with Crippen molar-refractivity contribution < 1.29 is 9.59 Å². The molecule has 74 valence electrons. The maximum absolute atomic E-state index is 10.8. The summed E-state index contributed by atoms with van der Waals surface area (Å²) < 4.78 is 0. The molecule has 0 atom stereocenters. The molecule has 0 heterocycles. The van der Waals surface area contributed by atoms with Crippen LogP contribution in [0.15, 0.2) is 18.2 Å². The monoisotopic (exact) mass is 190 g/mol. The van der Waals surface area contributed by atoms with E-state index in [4.69, 9.17) is 0 Å². The van der Waals surface area contributed by atoms with Gasteiger partial charge in [-0.05, 0) is 30.0 Å². The van der Waals surface area contributed by atoms with Crippen LogP contribution in [-0.4, -0.2) is 12.6 Å².